The van der Waals surface area contributed by atoms with E-state index in [1.165, 1.54) is 0 Å². The van der Waals surface area contributed by atoms with E-state index in [-0.39, 0.29) is 6.42 Å². The predicted molar refractivity (Wildman–Crippen MR) is 73.6 cm³/mol. The molecule has 0 aliphatic rings. The van der Waals surface area contributed by atoms with Gasteiger partial charge in [0.25, 0.3) is 0 Å². The molecular weight excluding hydrogens is 246 g/mol. The molecule has 0 atom stereocenters. The SMILES string of the molecule is Cc1nc(/C=C/c2cccc(CC(=O)O)c2)cs1. The Bertz CT molecular complexity index is 587. The van der Waals surface area contributed by atoms with Crippen molar-refractivity contribution >= 4 is 29.5 Å². The summed E-state index contributed by atoms with van der Waals surface area (Å²) in [5, 5.41) is 11.8. The molecule has 1 heterocycles. The number of carboxylic acid groups (broad SMARTS) is 1. The maximum atomic E-state index is 10.6. The topological polar surface area (TPSA) is 50.2 Å². The summed E-state index contributed by atoms with van der Waals surface area (Å²) in [6, 6.07) is 7.51. The van der Waals surface area contributed by atoms with Crippen LogP contribution in [0.4, 0.5) is 0 Å². The molecule has 0 aliphatic carbocycles. The first kappa shape index (κ1) is 12.5. The number of hydrogen-bond acceptors (Lipinski definition) is 3. The number of aromatic nitrogens is 1. The normalized spacial score (nSPS) is 10.9. The zero-order valence-electron chi connectivity index (χ0n) is 9.96. The minimum absolute atomic E-state index is 0.0531. The van der Waals surface area contributed by atoms with Gasteiger partial charge in [-0.25, -0.2) is 4.98 Å². The maximum absolute atomic E-state index is 10.6. The lowest BCUT2D eigenvalue weighted by molar-refractivity contribution is -0.136. The van der Waals surface area contributed by atoms with Gasteiger partial charge in [-0.1, -0.05) is 30.3 Å². The molecule has 0 bridgehead atoms. The first-order chi connectivity index (χ1) is 8.63. The van der Waals surface area contributed by atoms with E-state index < -0.39 is 5.97 Å². The zero-order chi connectivity index (χ0) is 13.0. The molecule has 0 radical (unpaired) electrons. The molecular formula is C14H13NO2S. The Hall–Kier alpha value is -1.94. The number of nitrogens with zero attached hydrogens (tertiary/aromatic N) is 1. The Balaban J connectivity index is 2.14. The average Bonchev–Trinajstić information content (AvgIpc) is 2.72. The van der Waals surface area contributed by atoms with E-state index in [1.54, 1.807) is 11.3 Å². The van der Waals surface area contributed by atoms with Crippen molar-refractivity contribution in [3.63, 3.8) is 0 Å². The van der Waals surface area contributed by atoms with Crippen LogP contribution in [0.15, 0.2) is 29.6 Å². The van der Waals surface area contributed by atoms with E-state index in [1.807, 2.05) is 48.7 Å². The van der Waals surface area contributed by atoms with Crippen LogP contribution in [-0.2, 0) is 11.2 Å². The number of carbonyl (C=O) groups is 1. The van der Waals surface area contributed by atoms with Crippen LogP contribution in [0.3, 0.4) is 0 Å². The first-order valence-corrected chi connectivity index (χ1v) is 6.42. The molecule has 2 aromatic rings. The summed E-state index contributed by atoms with van der Waals surface area (Å²) in [6.45, 7) is 1.97. The Morgan fingerprint density at radius 1 is 1.44 bits per heavy atom. The van der Waals surface area contributed by atoms with E-state index in [9.17, 15) is 4.79 Å². The van der Waals surface area contributed by atoms with Gasteiger partial charge in [0.2, 0.25) is 0 Å². The molecule has 2 rings (SSSR count). The van der Waals surface area contributed by atoms with E-state index in [0.717, 1.165) is 21.8 Å². The van der Waals surface area contributed by atoms with Crippen molar-refractivity contribution in [1.29, 1.82) is 0 Å². The van der Waals surface area contributed by atoms with Crippen molar-refractivity contribution in [3.05, 3.63) is 51.5 Å². The molecule has 0 saturated carbocycles. The molecule has 4 heteroatoms. The number of thiazole rings is 1. The third kappa shape index (κ3) is 3.53. The van der Waals surface area contributed by atoms with Crippen molar-refractivity contribution in [2.45, 2.75) is 13.3 Å². The number of aryl methyl sites for hydroxylation is 1. The molecule has 1 N–H and O–H groups in total. The lowest BCUT2D eigenvalue weighted by Crippen LogP contribution is -1.99. The predicted octanol–water partition coefficient (Wildman–Crippen LogP) is 3.25. The Morgan fingerprint density at radius 3 is 2.94 bits per heavy atom. The molecule has 0 unspecified atom stereocenters. The quantitative estimate of drug-likeness (QED) is 0.917. The van der Waals surface area contributed by atoms with Gasteiger partial charge in [0, 0.05) is 5.38 Å². The lowest BCUT2D eigenvalue weighted by atomic mass is 10.1. The van der Waals surface area contributed by atoms with E-state index >= 15 is 0 Å². The fourth-order valence-corrected chi connectivity index (χ4v) is 2.20. The second kappa shape index (κ2) is 5.60. The van der Waals surface area contributed by atoms with Gasteiger partial charge in [-0.2, -0.15) is 0 Å². The molecule has 0 saturated heterocycles. The average molecular weight is 259 g/mol. The van der Waals surface area contributed by atoms with Crippen LogP contribution in [-0.4, -0.2) is 16.1 Å². The molecule has 3 nitrogen and oxygen atoms in total. The molecule has 0 aliphatic heterocycles. The van der Waals surface area contributed by atoms with Crippen LogP contribution in [0.1, 0.15) is 21.8 Å². The second-order valence-electron chi connectivity index (χ2n) is 3.94. The number of rotatable bonds is 4. The Kier molecular flexibility index (Phi) is 3.89. The van der Waals surface area contributed by atoms with E-state index in [2.05, 4.69) is 4.98 Å². The van der Waals surface area contributed by atoms with Gasteiger partial charge in [-0.05, 0) is 24.1 Å². The van der Waals surface area contributed by atoms with Gasteiger partial charge in [-0.3, -0.25) is 4.79 Å². The van der Waals surface area contributed by atoms with Crippen LogP contribution >= 0.6 is 11.3 Å². The lowest BCUT2D eigenvalue weighted by Gasteiger charge is -1.98. The van der Waals surface area contributed by atoms with Crippen LogP contribution in [0.25, 0.3) is 12.2 Å². The standard InChI is InChI=1S/C14H13NO2S/c1-10-15-13(9-18-10)6-5-11-3-2-4-12(7-11)8-14(16)17/h2-7,9H,8H2,1H3,(H,16,17)/b6-5+. The molecule has 1 aromatic heterocycles. The van der Waals surface area contributed by atoms with E-state index in [4.69, 9.17) is 5.11 Å². The molecule has 0 spiro atoms. The highest BCUT2D eigenvalue weighted by molar-refractivity contribution is 7.09. The Labute approximate surface area is 109 Å². The summed E-state index contributed by atoms with van der Waals surface area (Å²) in [6.07, 6.45) is 3.93. The zero-order valence-corrected chi connectivity index (χ0v) is 10.8. The fraction of sp³-hybridized carbons (Fsp3) is 0.143. The summed E-state index contributed by atoms with van der Waals surface area (Å²) in [4.78, 5) is 15.0. The van der Waals surface area contributed by atoms with E-state index in [0.29, 0.717) is 0 Å². The molecule has 0 amide bonds. The number of aliphatic carboxylic acids is 1. The van der Waals surface area contributed by atoms with Gasteiger partial charge in [0.1, 0.15) is 0 Å². The minimum atomic E-state index is -0.814. The highest BCUT2D eigenvalue weighted by atomic mass is 32.1. The third-order valence-corrected chi connectivity index (χ3v) is 3.18. The summed E-state index contributed by atoms with van der Waals surface area (Å²) < 4.78 is 0. The fourth-order valence-electron chi connectivity index (χ4n) is 1.62. The molecule has 92 valence electrons. The summed E-state index contributed by atoms with van der Waals surface area (Å²) >= 11 is 1.61. The van der Waals surface area contributed by atoms with Crippen molar-refractivity contribution < 1.29 is 9.90 Å². The summed E-state index contributed by atoms with van der Waals surface area (Å²) in [5.74, 6) is -0.814. The van der Waals surface area contributed by atoms with Gasteiger partial charge < -0.3 is 5.11 Å². The molecule has 1 aromatic carbocycles. The largest absolute Gasteiger partial charge is 0.481 e. The maximum Gasteiger partial charge on any atom is 0.307 e. The molecule has 0 fully saturated rings. The highest BCUT2D eigenvalue weighted by Gasteiger charge is 2.00. The Morgan fingerprint density at radius 2 is 2.28 bits per heavy atom. The number of carboxylic acids is 1. The summed E-state index contributed by atoms with van der Waals surface area (Å²) in [7, 11) is 0. The van der Waals surface area contributed by atoms with Crippen molar-refractivity contribution in [2.75, 3.05) is 0 Å². The number of hydrogen-bond donors (Lipinski definition) is 1. The van der Waals surface area contributed by atoms with Crippen LogP contribution in [0.2, 0.25) is 0 Å². The van der Waals surface area contributed by atoms with Gasteiger partial charge in [-0.15, -0.1) is 11.3 Å². The van der Waals surface area contributed by atoms with Crippen LogP contribution in [0.5, 0.6) is 0 Å². The monoisotopic (exact) mass is 259 g/mol. The van der Waals surface area contributed by atoms with Crippen molar-refractivity contribution in [2.24, 2.45) is 0 Å². The van der Waals surface area contributed by atoms with Crippen LogP contribution in [0, 0.1) is 6.92 Å². The second-order valence-corrected chi connectivity index (χ2v) is 5.00. The first-order valence-electron chi connectivity index (χ1n) is 5.54. The highest BCUT2D eigenvalue weighted by Crippen LogP contribution is 2.13. The van der Waals surface area contributed by atoms with Gasteiger partial charge in [0.05, 0.1) is 17.1 Å². The van der Waals surface area contributed by atoms with Gasteiger partial charge in [0.15, 0.2) is 0 Å². The van der Waals surface area contributed by atoms with Crippen LogP contribution < -0.4 is 0 Å². The summed E-state index contributed by atoms with van der Waals surface area (Å²) in [5.41, 5.74) is 2.72. The van der Waals surface area contributed by atoms with Crippen molar-refractivity contribution in [1.82, 2.24) is 4.98 Å². The molecule has 18 heavy (non-hydrogen) atoms. The smallest absolute Gasteiger partial charge is 0.307 e. The number of benzene rings is 1. The minimum Gasteiger partial charge on any atom is -0.481 e. The van der Waals surface area contributed by atoms with Crippen molar-refractivity contribution in [3.8, 4) is 0 Å². The van der Waals surface area contributed by atoms with Gasteiger partial charge >= 0.3 is 5.97 Å². The third-order valence-electron chi connectivity index (χ3n) is 2.39.